The standard InChI is InChI=1S/C12H17IN2/c1-14(2)12-7-8-15(9-12)11-5-3-10(13)4-6-11/h3-6,12H,7-9H2,1-2H3. The lowest BCUT2D eigenvalue weighted by molar-refractivity contribution is 0.315. The Labute approximate surface area is 105 Å². The normalized spacial score (nSPS) is 21.3. The Kier molecular flexibility index (Phi) is 3.51. The van der Waals surface area contributed by atoms with Crippen molar-refractivity contribution in [3.05, 3.63) is 27.8 Å². The van der Waals surface area contributed by atoms with Crippen LogP contribution >= 0.6 is 22.6 Å². The fraction of sp³-hybridized carbons (Fsp3) is 0.500. The second kappa shape index (κ2) is 4.70. The zero-order chi connectivity index (χ0) is 10.8. The van der Waals surface area contributed by atoms with Crippen molar-refractivity contribution < 1.29 is 0 Å². The summed E-state index contributed by atoms with van der Waals surface area (Å²) in [4.78, 5) is 4.80. The maximum Gasteiger partial charge on any atom is 0.0367 e. The third kappa shape index (κ3) is 2.64. The van der Waals surface area contributed by atoms with Crippen LogP contribution in [0.15, 0.2) is 24.3 Å². The Balaban J connectivity index is 2.04. The van der Waals surface area contributed by atoms with E-state index in [4.69, 9.17) is 0 Å². The van der Waals surface area contributed by atoms with Gasteiger partial charge in [0, 0.05) is 28.4 Å². The molecule has 1 unspecified atom stereocenters. The van der Waals surface area contributed by atoms with Crippen molar-refractivity contribution in [2.45, 2.75) is 12.5 Å². The molecular weight excluding hydrogens is 299 g/mol. The highest BCUT2D eigenvalue weighted by molar-refractivity contribution is 14.1. The monoisotopic (exact) mass is 316 g/mol. The molecular formula is C12H17IN2. The van der Waals surface area contributed by atoms with E-state index in [2.05, 4.69) is 70.8 Å². The molecule has 1 heterocycles. The van der Waals surface area contributed by atoms with E-state index < -0.39 is 0 Å². The van der Waals surface area contributed by atoms with Gasteiger partial charge < -0.3 is 9.80 Å². The number of benzene rings is 1. The zero-order valence-electron chi connectivity index (χ0n) is 9.28. The van der Waals surface area contributed by atoms with Crippen LogP contribution in [0.2, 0.25) is 0 Å². The predicted octanol–water partition coefficient (Wildman–Crippen LogP) is 2.43. The first-order valence-corrected chi connectivity index (χ1v) is 6.41. The second-order valence-corrected chi connectivity index (χ2v) is 5.57. The van der Waals surface area contributed by atoms with Crippen LogP contribution in [0.5, 0.6) is 0 Å². The summed E-state index contributed by atoms with van der Waals surface area (Å²) in [5.41, 5.74) is 1.36. The molecule has 0 N–H and O–H groups in total. The zero-order valence-corrected chi connectivity index (χ0v) is 11.4. The molecule has 2 rings (SSSR count). The fourth-order valence-corrected chi connectivity index (χ4v) is 2.41. The molecule has 82 valence electrons. The Morgan fingerprint density at radius 1 is 1.27 bits per heavy atom. The number of hydrogen-bond acceptors (Lipinski definition) is 2. The lowest BCUT2D eigenvalue weighted by Gasteiger charge is -2.21. The second-order valence-electron chi connectivity index (χ2n) is 4.33. The highest BCUT2D eigenvalue weighted by Crippen LogP contribution is 2.22. The average molecular weight is 316 g/mol. The van der Waals surface area contributed by atoms with Crippen molar-refractivity contribution in [2.24, 2.45) is 0 Å². The first-order valence-electron chi connectivity index (χ1n) is 5.34. The Hall–Kier alpha value is -0.290. The molecule has 1 atom stereocenters. The summed E-state index contributed by atoms with van der Waals surface area (Å²) in [6, 6.07) is 9.52. The topological polar surface area (TPSA) is 6.48 Å². The van der Waals surface area contributed by atoms with Crippen molar-refractivity contribution >= 4 is 28.3 Å². The summed E-state index contributed by atoms with van der Waals surface area (Å²) in [5, 5.41) is 0. The minimum atomic E-state index is 0.712. The summed E-state index contributed by atoms with van der Waals surface area (Å²) in [5.74, 6) is 0. The third-order valence-corrected chi connectivity index (χ3v) is 3.80. The van der Waals surface area contributed by atoms with E-state index in [0.29, 0.717) is 6.04 Å². The van der Waals surface area contributed by atoms with Gasteiger partial charge in [-0.2, -0.15) is 0 Å². The van der Waals surface area contributed by atoms with Crippen LogP contribution in [0, 0.1) is 3.57 Å². The van der Waals surface area contributed by atoms with Crippen molar-refractivity contribution in [3.8, 4) is 0 Å². The minimum Gasteiger partial charge on any atom is -0.370 e. The summed E-state index contributed by atoms with van der Waals surface area (Å²) in [6.45, 7) is 2.34. The van der Waals surface area contributed by atoms with Gasteiger partial charge >= 0.3 is 0 Å². The summed E-state index contributed by atoms with van der Waals surface area (Å²) in [7, 11) is 4.34. The van der Waals surface area contributed by atoms with Crippen LogP contribution in [0.4, 0.5) is 5.69 Å². The average Bonchev–Trinajstić information content (AvgIpc) is 2.68. The molecule has 0 bridgehead atoms. The first kappa shape index (κ1) is 11.2. The number of rotatable bonds is 2. The van der Waals surface area contributed by atoms with Crippen molar-refractivity contribution in [2.75, 3.05) is 32.1 Å². The molecule has 0 aromatic heterocycles. The highest BCUT2D eigenvalue weighted by Gasteiger charge is 2.23. The quantitative estimate of drug-likeness (QED) is 0.773. The maximum atomic E-state index is 2.47. The van der Waals surface area contributed by atoms with E-state index in [1.54, 1.807) is 0 Å². The molecule has 0 amide bonds. The Morgan fingerprint density at radius 2 is 1.93 bits per heavy atom. The van der Waals surface area contributed by atoms with E-state index in [0.717, 1.165) is 6.54 Å². The summed E-state index contributed by atoms with van der Waals surface area (Å²) < 4.78 is 1.31. The number of nitrogens with zero attached hydrogens (tertiary/aromatic N) is 2. The molecule has 1 aliphatic heterocycles. The predicted molar refractivity (Wildman–Crippen MR) is 73.5 cm³/mol. The largest absolute Gasteiger partial charge is 0.370 e. The molecule has 1 aromatic rings. The lowest BCUT2D eigenvalue weighted by atomic mass is 10.2. The van der Waals surface area contributed by atoms with Crippen LogP contribution < -0.4 is 4.90 Å². The van der Waals surface area contributed by atoms with Crippen LogP contribution in [0.1, 0.15) is 6.42 Å². The summed E-state index contributed by atoms with van der Waals surface area (Å²) in [6.07, 6.45) is 1.28. The van der Waals surface area contributed by atoms with Gasteiger partial charge in [0.15, 0.2) is 0 Å². The molecule has 0 saturated carbocycles. The van der Waals surface area contributed by atoms with Gasteiger partial charge in [0.25, 0.3) is 0 Å². The van der Waals surface area contributed by atoms with Crippen LogP contribution in [0.3, 0.4) is 0 Å². The Morgan fingerprint density at radius 3 is 2.47 bits per heavy atom. The van der Waals surface area contributed by atoms with Gasteiger partial charge in [-0.25, -0.2) is 0 Å². The van der Waals surface area contributed by atoms with Gasteiger partial charge in [-0.15, -0.1) is 0 Å². The number of anilines is 1. The maximum absolute atomic E-state index is 2.47. The van der Waals surface area contributed by atoms with Gasteiger partial charge in [0.2, 0.25) is 0 Å². The molecule has 1 saturated heterocycles. The van der Waals surface area contributed by atoms with Gasteiger partial charge in [0.05, 0.1) is 0 Å². The van der Waals surface area contributed by atoms with Gasteiger partial charge in [0.1, 0.15) is 0 Å². The van der Waals surface area contributed by atoms with Crippen LogP contribution in [-0.2, 0) is 0 Å². The van der Waals surface area contributed by atoms with E-state index in [1.807, 2.05) is 0 Å². The molecule has 0 aliphatic carbocycles. The molecule has 0 radical (unpaired) electrons. The fourth-order valence-electron chi connectivity index (χ4n) is 2.05. The van der Waals surface area contributed by atoms with Crippen molar-refractivity contribution in [1.29, 1.82) is 0 Å². The molecule has 15 heavy (non-hydrogen) atoms. The smallest absolute Gasteiger partial charge is 0.0367 e. The van der Waals surface area contributed by atoms with Gasteiger partial charge in [-0.3, -0.25) is 0 Å². The molecule has 1 fully saturated rings. The van der Waals surface area contributed by atoms with Crippen molar-refractivity contribution in [3.63, 3.8) is 0 Å². The lowest BCUT2D eigenvalue weighted by Crippen LogP contribution is -2.31. The van der Waals surface area contributed by atoms with E-state index in [-0.39, 0.29) is 0 Å². The molecule has 3 heteroatoms. The Bertz CT molecular complexity index is 321. The summed E-state index contributed by atoms with van der Waals surface area (Å²) >= 11 is 2.35. The minimum absolute atomic E-state index is 0.712. The SMILES string of the molecule is CN(C)C1CCN(c2ccc(I)cc2)C1. The van der Waals surface area contributed by atoms with E-state index in [9.17, 15) is 0 Å². The molecule has 1 aromatic carbocycles. The third-order valence-electron chi connectivity index (χ3n) is 3.09. The number of halogens is 1. The molecule has 2 nitrogen and oxygen atoms in total. The number of hydrogen-bond donors (Lipinski definition) is 0. The first-order chi connectivity index (χ1) is 7.16. The highest BCUT2D eigenvalue weighted by atomic mass is 127. The van der Waals surface area contributed by atoms with Gasteiger partial charge in [-0.05, 0) is 67.4 Å². The van der Waals surface area contributed by atoms with Gasteiger partial charge in [-0.1, -0.05) is 0 Å². The van der Waals surface area contributed by atoms with E-state index in [1.165, 1.54) is 22.2 Å². The van der Waals surface area contributed by atoms with Crippen LogP contribution in [0.25, 0.3) is 0 Å². The molecule has 1 aliphatic rings. The van der Waals surface area contributed by atoms with Crippen molar-refractivity contribution in [1.82, 2.24) is 4.90 Å². The molecule has 0 spiro atoms. The number of likely N-dealkylation sites (N-methyl/N-ethyl adjacent to an activating group) is 1. The van der Waals surface area contributed by atoms with Crippen LogP contribution in [-0.4, -0.2) is 38.1 Å². The van der Waals surface area contributed by atoms with E-state index >= 15 is 0 Å².